The molecule has 0 aromatic carbocycles. The number of carbonyl (C=O) groups is 1. The van der Waals surface area contributed by atoms with Crippen LogP contribution in [0.5, 0.6) is 0 Å². The minimum atomic E-state index is 0.0603. The number of rotatable bonds is 7. The zero-order chi connectivity index (χ0) is 15.7. The normalized spacial score (nSPS) is 14.0. The molecule has 0 bridgehead atoms. The predicted octanol–water partition coefficient (Wildman–Crippen LogP) is 3.27. The highest BCUT2D eigenvalue weighted by molar-refractivity contribution is 8.14. The van der Waals surface area contributed by atoms with Crippen LogP contribution in [0.1, 0.15) is 54.4 Å². The Morgan fingerprint density at radius 1 is 0.950 bits per heavy atom. The maximum absolute atomic E-state index is 11.6. The quantitative estimate of drug-likeness (QED) is 0.629. The van der Waals surface area contributed by atoms with E-state index < -0.39 is 0 Å². The van der Waals surface area contributed by atoms with Gasteiger partial charge in [0.25, 0.3) is 5.24 Å². The first-order chi connectivity index (χ1) is 9.20. The Labute approximate surface area is 133 Å². The molecule has 2 unspecified atom stereocenters. The van der Waals surface area contributed by atoms with Crippen molar-refractivity contribution in [2.24, 2.45) is 0 Å². The van der Waals surface area contributed by atoms with Gasteiger partial charge in [-0.05, 0) is 59.7 Å². The second-order valence-corrected chi connectivity index (χ2v) is 7.59. The Bertz CT molecular complexity index is 279. The fourth-order valence-electron chi connectivity index (χ4n) is 1.60. The summed E-state index contributed by atoms with van der Waals surface area (Å²) in [6.45, 7) is 12.3. The van der Waals surface area contributed by atoms with Crippen LogP contribution in [0.3, 0.4) is 0 Å². The third-order valence-electron chi connectivity index (χ3n) is 2.52. The molecule has 0 aromatic rings. The number of thiocarbonyl (C=S) groups is 1. The number of amides is 1. The Hall–Kier alpha value is -0.490. The lowest BCUT2D eigenvalue weighted by molar-refractivity contribution is 0.258. The maximum atomic E-state index is 11.6. The van der Waals surface area contributed by atoms with E-state index in [9.17, 15) is 4.79 Å². The highest BCUT2D eigenvalue weighted by Crippen LogP contribution is 2.17. The summed E-state index contributed by atoms with van der Waals surface area (Å²) in [5.41, 5.74) is 0. The summed E-state index contributed by atoms with van der Waals surface area (Å²) >= 11 is 6.59. The summed E-state index contributed by atoms with van der Waals surface area (Å²) in [5.74, 6) is 0. The fourth-order valence-corrected chi connectivity index (χ4v) is 2.96. The summed E-state index contributed by atoms with van der Waals surface area (Å²) in [4.78, 5) is 11.6. The first-order valence-corrected chi connectivity index (χ1v) is 8.53. The zero-order valence-electron chi connectivity index (χ0n) is 13.4. The summed E-state index contributed by atoms with van der Waals surface area (Å²) < 4.78 is 0. The first-order valence-electron chi connectivity index (χ1n) is 7.24. The van der Waals surface area contributed by atoms with E-state index in [2.05, 4.69) is 43.6 Å². The largest absolute Gasteiger partial charge is 0.361 e. The number of hydrogen-bond donors (Lipinski definition) is 3. The number of hydrogen-bond acceptors (Lipinski definition) is 3. The van der Waals surface area contributed by atoms with Crippen molar-refractivity contribution in [2.75, 3.05) is 0 Å². The van der Waals surface area contributed by atoms with Crippen LogP contribution < -0.4 is 16.0 Å². The van der Waals surface area contributed by atoms with Crippen molar-refractivity contribution in [1.29, 1.82) is 0 Å². The standard InChI is InChI=1S/C14H29N3OS2/c1-9(2)15-13(19)17-11(5)7-8-12(6)20-14(18)16-10(3)4/h9-12H,7-8H2,1-6H3,(H,16,18)(H2,15,17,19). The van der Waals surface area contributed by atoms with Crippen molar-refractivity contribution in [3.8, 4) is 0 Å². The van der Waals surface area contributed by atoms with Gasteiger partial charge in [-0.3, -0.25) is 4.79 Å². The van der Waals surface area contributed by atoms with Gasteiger partial charge in [-0.1, -0.05) is 18.7 Å². The molecule has 118 valence electrons. The molecule has 0 radical (unpaired) electrons. The van der Waals surface area contributed by atoms with Crippen LogP contribution in [0.2, 0.25) is 0 Å². The second kappa shape index (κ2) is 10.3. The summed E-state index contributed by atoms with van der Waals surface area (Å²) in [6, 6.07) is 0.851. The minimum Gasteiger partial charge on any atom is -0.361 e. The van der Waals surface area contributed by atoms with Gasteiger partial charge in [-0.15, -0.1) is 0 Å². The van der Waals surface area contributed by atoms with Gasteiger partial charge in [0, 0.05) is 23.4 Å². The van der Waals surface area contributed by atoms with Crippen LogP contribution in [0.4, 0.5) is 4.79 Å². The van der Waals surface area contributed by atoms with E-state index in [0.717, 1.165) is 12.8 Å². The summed E-state index contributed by atoms with van der Waals surface area (Å²) in [5, 5.41) is 10.4. The van der Waals surface area contributed by atoms with Gasteiger partial charge in [0.1, 0.15) is 0 Å². The van der Waals surface area contributed by atoms with E-state index in [-0.39, 0.29) is 11.3 Å². The van der Waals surface area contributed by atoms with E-state index in [1.54, 1.807) is 0 Å². The summed E-state index contributed by atoms with van der Waals surface area (Å²) in [7, 11) is 0. The van der Waals surface area contributed by atoms with Crippen molar-refractivity contribution in [3.05, 3.63) is 0 Å². The molecule has 0 rings (SSSR count). The van der Waals surface area contributed by atoms with Crippen LogP contribution in [0.25, 0.3) is 0 Å². The van der Waals surface area contributed by atoms with Crippen LogP contribution in [0.15, 0.2) is 0 Å². The molecule has 0 saturated carbocycles. The number of carbonyl (C=O) groups excluding carboxylic acids is 1. The molecular formula is C14H29N3OS2. The average molecular weight is 320 g/mol. The van der Waals surface area contributed by atoms with Crippen molar-refractivity contribution in [2.45, 2.75) is 77.8 Å². The lowest BCUT2D eigenvalue weighted by atomic mass is 10.1. The van der Waals surface area contributed by atoms with Gasteiger partial charge in [0.2, 0.25) is 0 Å². The minimum absolute atomic E-state index is 0.0603. The fraction of sp³-hybridized carbons (Fsp3) is 0.857. The average Bonchev–Trinajstić information content (AvgIpc) is 2.23. The van der Waals surface area contributed by atoms with Crippen molar-refractivity contribution in [1.82, 2.24) is 16.0 Å². The molecule has 0 aromatic heterocycles. The van der Waals surface area contributed by atoms with Crippen LogP contribution in [-0.2, 0) is 0 Å². The lowest BCUT2D eigenvalue weighted by Crippen LogP contribution is -2.43. The third kappa shape index (κ3) is 11.3. The SMILES string of the molecule is CC(C)NC(=O)SC(C)CCC(C)NC(=S)NC(C)C. The predicted molar refractivity (Wildman–Crippen MR) is 93.4 cm³/mol. The van der Waals surface area contributed by atoms with E-state index in [0.29, 0.717) is 22.4 Å². The van der Waals surface area contributed by atoms with E-state index >= 15 is 0 Å². The van der Waals surface area contributed by atoms with Crippen molar-refractivity contribution >= 4 is 34.3 Å². The molecule has 0 spiro atoms. The van der Waals surface area contributed by atoms with Crippen molar-refractivity contribution < 1.29 is 4.79 Å². The van der Waals surface area contributed by atoms with Crippen LogP contribution in [0, 0.1) is 0 Å². The molecular weight excluding hydrogens is 290 g/mol. The summed E-state index contributed by atoms with van der Waals surface area (Å²) in [6.07, 6.45) is 1.97. The van der Waals surface area contributed by atoms with E-state index in [1.165, 1.54) is 11.8 Å². The monoisotopic (exact) mass is 319 g/mol. The van der Waals surface area contributed by atoms with E-state index in [1.807, 2.05) is 13.8 Å². The highest BCUT2D eigenvalue weighted by atomic mass is 32.2. The zero-order valence-corrected chi connectivity index (χ0v) is 15.1. The maximum Gasteiger partial charge on any atom is 0.279 e. The molecule has 3 N–H and O–H groups in total. The third-order valence-corrected chi connectivity index (χ3v) is 3.72. The van der Waals surface area contributed by atoms with Gasteiger partial charge >= 0.3 is 0 Å². The Morgan fingerprint density at radius 2 is 1.50 bits per heavy atom. The topological polar surface area (TPSA) is 53.2 Å². The van der Waals surface area contributed by atoms with Gasteiger partial charge in [-0.25, -0.2) is 0 Å². The molecule has 2 atom stereocenters. The number of thioether (sulfide) groups is 1. The molecule has 0 aliphatic rings. The highest BCUT2D eigenvalue weighted by Gasteiger charge is 2.13. The van der Waals surface area contributed by atoms with Gasteiger partial charge in [0.15, 0.2) is 5.11 Å². The Morgan fingerprint density at radius 3 is 2.00 bits per heavy atom. The Balaban J connectivity index is 3.85. The van der Waals surface area contributed by atoms with Crippen molar-refractivity contribution in [3.63, 3.8) is 0 Å². The van der Waals surface area contributed by atoms with Gasteiger partial charge in [0.05, 0.1) is 0 Å². The molecule has 1 amide bonds. The van der Waals surface area contributed by atoms with Gasteiger partial charge < -0.3 is 16.0 Å². The van der Waals surface area contributed by atoms with Crippen LogP contribution >= 0.6 is 24.0 Å². The molecule has 0 aliphatic heterocycles. The number of nitrogens with one attached hydrogen (secondary N) is 3. The molecule has 20 heavy (non-hydrogen) atoms. The van der Waals surface area contributed by atoms with E-state index in [4.69, 9.17) is 12.2 Å². The molecule has 6 heteroatoms. The smallest absolute Gasteiger partial charge is 0.279 e. The second-order valence-electron chi connectivity index (χ2n) is 5.77. The van der Waals surface area contributed by atoms with Crippen LogP contribution in [-0.4, -0.2) is 33.7 Å². The molecule has 0 heterocycles. The molecule has 0 aliphatic carbocycles. The lowest BCUT2D eigenvalue weighted by Gasteiger charge is -2.20. The molecule has 4 nitrogen and oxygen atoms in total. The van der Waals surface area contributed by atoms with Gasteiger partial charge in [-0.2, -0.15) is 0 Å². The molecule has 0 fully saturated rings. The first kappa shape index (κ1) is 19.5. The Kier molecular flexibility index (Phi) is 10.0. The molecule has 0 saturated heterocycles.